The van der Waals surface area contributed by atoms with Crippen LogP contribution in [0, 0.1) is 12.3 Å². The molecule has 1 unspecified atom stereocenters. The van der Waals surface area contributed by atoms with Gasteiger partial charge in [0.1, 0.15) is 6.04 Å². The van der Waals surface area contributed by atoms with E-state index in [0.717, 1.165) is 11.3 Å². The molecule has 1 heterocycles. The molecule has 0 saturated carbocycles. The van der Waals surface area contributed by atoms with Crippen molar-refractivity contribution < 1.29 is 9.90 Å². The van der Waals surface area contributed by atoms with E-state index in [1.54, 1.807) is 0 Å². The maximum atomic E-state index is 11.0. The Hall–Kier alpha value is -1.31. The Kier molecular flexibility index (Phi) is 4.35. The molecule has 0 radical (unpaired) electrons. The van der Waals surface area contributed by atoms with Crippen molar-refractivity contribution in [3.63, 3.8) is 0 Å². The van der Waals surface area contributed by atoms with Crippen LogP contribution in [0.25, 0.3) is 0 Å². The minimum atomic E-state index is -0.894. The molecule has 0 saturated heterocycles. The van der Waals surface area contributed by atoms with Crippen LogP contribution in [0.2, 0.25) is 0 Å². The van der Waals surface area contributed by atoms with Crippen molar-refractivity contribution in [1.82, 2.24) is 5.32 Å². The number of carboxylic acid groups (broad SMARTS) is 1. The standard InChI is InChI=1S/C11H13NO2S/c1-3-7-12-10(11(13)14)9-6-5-8(4-2)15-9/h1,5-6,10,12H,4,7H2,2H3,(H,13,14). The van der Waals surface area contributed by atoms with E-state index in [1.807, 2.05) is 19.1 Å². The summed E-state index contributed by atoms with van der Waals surface area (Å²) >= 11 is 1.51. The molecule has 1 aromatic heterocycles. The Morgan fingerprint density at radius 2 is 2.47 bits per heavy atom. The summed E-state index contributed by atoms with van der Waals surface area (Å²) in [4.78, 5) is 13.0. The van der Waals surface area contributed by atoms with Gasteiger partial charge in [0.15, 0.2) is 0 Å². The summed E-state index contributed by atoms with van der Waals surface area (Å²) < 4.78 is 0. The monoisotopic (exact) mass is 223 g/mol. The van der Waals surface area contributed by atoms with Crippen LogP contribution in [0.5, 0.6) is 0 Å². The minimum Gasteiger partial charge on any atom is -0.480 e. The van der Waals surface area contributed by atoms with Crippen LogP contribution in [0.3, 0.4) is 0 Å². The van der Waals surface area contributed by atoms with E-state index in [0.29, 0.717) is 0 Å². The second-order valence-corrected chi connectivity index (χ2v) is 4.21. The van der Waals surface area contributed by atoms with Gasteiger partial charge in [0.05, 0.1) is 6.54 Å². The highest BCUT2D eigenvalue weighted by Crippen LogP contribution is 2.23. The van der Waals surface area contributed by atoms with Gasteiger partial charge in [-0.05, 0) is 18.6 Å². The number of aryl methyl sites for hydroxylation is 1. The Bertz CT molecular complexity index is 378. The van der Waals surface area contributed by atoms with E-state index in [-0.39, 0.29) is 6.54 Å². The molecule has 1 atom stereocenters. The number of carbonyl (C=O) groups is 1. The fourth-order valence-corrected chi connectivity index (χ4v) is 2.23. The molecule has 0 aromatic carbocycles. The molecule has 0 amide bonds. The second kappa shape index (κ2) is 5.54. The molecule has 3 nitrogen and oxygen atoms in total. The lowest BCUT2D eigenvalue weighted by atomic mass is 10.2. The lowest BCUT2D eigenvalue weighted by molar-refractivity contribution is -0.139. The Morgan fingerprint density at radius 1 is 1.73 bits per heavy atom. The molecule has 15 heavy (non-hydrogen) atoms. The molecule has 1 aromatic rings. The van der Waals surface area contributed by atoms with E-state index in [9.17, 15) is 4.79 Å². The van der Waals surface area contributed by atoms with Crippen molar-refractivity contribution in [2.45, 2.75) is 19.4 Å². The highest BCUT2D eigenvalue weighted by Gasteiger charge is 2.20. The molecule has 0 aliphatic heterocycles. The number of terminal acetylenes is 1. The molecule has 0 bridgehead atoms. The predicted molar refractivity (Wildman–Crippen MR) is 60.9 cm³/mol. The van der Waals surface area contributed by atoms with Crippen molar-refractivity contribution in [3.05, 3.63) is 21.9 Å². The third kappa shape index (κ3) is 3.08. The van der Waals surface area contributed by atoms with Gasteiger partial charge in [0, 0.05) is 9.75 Å². The summed E-state index contributed by atoms with van der Waals surface area (Å²) in [7, 11) is 0. The lowest BCUT2D eigenvalue weighted by Crippen LogP contribution is -2.27. The number of nitrogens with one attached hydrogen (secondary N) is 1. The van der Waals surface area contributed by atoms with Crippen molar-refractivity contribution in [2.75, 3.05) is 6.54 Å². The molecule has 1 rings (SSSR count). The average Bonchev–Trinajstić information content (AvgIpc) is 2.66. The molecule has 4 heteroatoms. The summed E-state index contributed by atoms with van der Waals surface area (Å²) in [6.45, 7) is 2.30. The van der Waals surface area contributed by atoms with Gasteiger partial charge in [0.25, 0.3) is 0 Å². The summed E-state index contributed by atoms with van der Waals surface area (Å²) in [5.41, 5.74) is 0. The van der Waals surface area contributed by atoms with Crippen LogP contribution in [-0.4, -0.2) is 17.6 Å². The first-order valence-electron chi connectivity index (χ1n) is 4.67. The van der Waals surface area contributed by atoms with Crippen LogP contribution in [-0.2, 0) is 11.2 Å². The zero-order chi connectivity index (χ0) is 11.3. The highest BCUT2D eigenvalue weighted by atomic mass is 32.1. The summed E-state index contributed by atoms with van der Waals surface area (Å²) in [6.07, 6.45) is 6.01. The molecular weight excluding hydrogens is 210 g/mol. The minimum absolute atomic E-state index is 0.260. The van der Waals surface area contributed by atoms with E-state index in [2.05, 4.69) is 11.2 Å². The zero-order valence-corrected chi connectivity index (χ0v) is 9.30. The summed E-state index contributed by atoms with van der Waals surface area (Å²) in [5, 5.41) is 11.8. The first-order valence-corrected chi connectivity index (χ1v) is 5.49. The number of rotatable bonds is 5. The lowest BCUT2D eigenvalue weighted by Gasteiger charge is -2.09. The van der Waals surface area contributed by atoms with Crippen molar-refractivity contribution in [3.8, 4) is 12.3 Å². The largest absolute Gasteiger partial charge is 0.480 e. The predicted octanol–water partition coefficient (Wildman–Crippen LogP) is 1.66. The van der Waals surface area contributed by atoms with Gasteiger partial charge in [0.2, 0.25) is 0 Å². The summed E-state index contributed by atoms with van der Waals surface area (Å²) in [6, 6.07) is 3.10. The van der Waals surface area contributed by atoms with Gasteiger partial charge < -0.3 is 5.11 Å². The molecule has 0 aliphatic carbocycles. The maximum Gasteiger partial charge on any atom is 0.326 e. The normalized spacial score (nSPS) is 12.0. The van der Waals surface area contributed by atoms with Gasteiger partial charge in [-0.1, -0.05) is 12.8 Å². The van der Waals surface area contributed by atoms with E-state index in [4.69, 9.17) is 11.5 Å². The van der Waals surface area contributed by atoms with Crippen LogP contribution in [0.15, 0.2) is 12.1 Å². The fraction of sp³-hybridized carbons (Fsp3) is 0.364. The van der Waals surface area contributed by atoms with Gasteiger partial charge in [-0.2, -0.15) is 0 Å². The second-order valence-electron chi connectivity index (χ2n) is 3.01. The number of hydrogen-bond donors (Lipinski definition) is 2. The Balaban J connectivity index is 2.80. The van der Waals surface area contributed by atoms with Crippen LogP contribution in [0.1, 0.15) is 22.7 Å². The number of hydrogen-bond acceptors (Lipinski definition) is 3. The van der Waals surface area contributed by atoms with Crippen LogP contribution >= 0.6 is 11.3 Å². The van der Waals surface area contributed by atoms with Crippen molar-refractivity contribution in [2.24, 2.45) is 0 Å². The van der Waals surface area contributed by atoms with Gasteiger partial charge in [-0.25, -0.2) is 0 Å². The van der Waals surface area contributed by atoms with E-state index < -0.39 is 12.0 Å². The maximum absolute atomic E-state index is 11.0. The highest BCUT2D eigenvalue weighted by molar-refractivity contribution is 7.12. The zero-order valence-electron chi connectivity index (χ0n) is 8.49. The topological polar surface area (TPSA) is 49.3 Å². The Labute approximate surface area is 93.1 Å². The SMILES string of the molecule is C#CCNC(C(=O)O)c1ccc(CC)s1. The third-order valence-electron chi connectivity index (χ3n) is 1.97. The first kappa shape index (κ1) is 11.8. The van der Waals surface area contributed by atoms with Gasteiger partial charge >= 0.3 is 5.97 Å². The number of aliphatic carboxylic acids is 1. The molecule has 2 N–H and O–H groups in total. The Morgan fingerprint density at radius 3 is 2.93 bits per heavy atom. The smallest absolute Gasteiger partial charge is 0.326 e. The number of thiophene rings is 1. The first-order chi connectivity index (χ1) is 7.19. The van der Waals surface area contributed by atoms with Gasteiger partial charge in [-0.15, -0.1) is 17.8 Å². The molecule has 0 aliphatic rings. The van der Waals surface area contributed by atoms with Gasteiger partial charge in [-0.3, -0.25) is 10.1 Å². The van der Waals surface area contributed by atoms with Crippen molar-refractivity contribution >= 4 is 17.3 Å². The third-order valence-corrected chi connectivity index (χ3v) is 3.27. The molecule has 0 spiro atoms. The molecule has 80 valence electrons. The van der Waals surface area contributed by atoms with Crippen LogP contribution in [0.4, 0.5) is 0 Å². The average molecular weight is 223 g/mol. The van der Waals surface area contributed by atoms with E-state index in [1.165, 1.54) is 16.2 Å². The number of carboxylic acids is 1. The van der Waals surface area contributed by atoms with Crippen molar-refractivity contribution in [1.29, 1.82) is 0 Å². The quantitative estimate of drug-likeness (QED) is 0.746. The van der Waals surface area contributed by atoms with Crippen LogP contribution < -0.4 is 5.32 Å². The fourth-order valence-electron chi connectivity index (χ4n) is 1.21. The van der Waals surface area contributed by atoms with E-state index >= 15 is 0 Å². The summed E-state index contributed by atoms with van der Waals surface area (Å²) in [5.74, 6) is 1.48. The molecule has 0 fully saturated rings. The molecular formula is C11H13NO2S.